The highest BCUT2D eigenvalue weighted by Gasteiger charge is 2.27. The average Bonchev–Trinajstić information content (AvgIpc) is 3.59. The van der Waals surface area contributed by atoms with Crippen molar-refractivity contribution >= 4 is 33.6 Å². The molecule has 0 spiro atoms. The summed E-state index contributed by atoms with van der Waals surface area (Å²) in [4.78, 5) is 16.1. The molecular formula is C34H33BrF2N4O3. The van der Waals surface area contributed by atoms with E-state index in [0.717, 1.165) is 53.3 Å². The number of benzene rings is 3. The molecule has 1 aliphatic carbocycles. The average molecular weight is 664 g/mol. The number of likely N-dealkylation sites (tertiary alicyclic amines) is 1. The minimum absolute atomic E-state index is 0.0160. The van der Waals surface area contributed by atoms with Crippen LogP contribution in [-0.2, 0) is 6.42 Å². The van der Waals surface area contributed by atoms with Gasteiger partial charge >= 0.3 is 0 Å². The summed E-state index contributed by atoms with van der Waals surface area (Å²) in [7, 11) is 0. The van der Waals surface area contributed by atoms with Gasteiger partial charge in [0.25, 0.3) is 0 Å². The van der Waals surface area contributed by atoms with Gasteiger partial charge in [-0.05, 0) is 103 Å². The number of piperidine rings is 1. The molecule has 0 bridgehead atoms. The van der Waals surface area contributed by atoms with Crippen molar-refractivity contribution in [3.63, 3.8) is 0 Å². The third-order valence-electron chi connectivity index (χ3n) is 8.28. The second-order valence-corrected chi connectivity index (χ2v) is 12.4. The molecule has 1 saturated heterocycles. The number of halogens is 3. The SMILES string of the molecule is Cc1cc(-n2ncc(C(=O)C3=Cc4cc(OC5CCN(C(C)C)CC5)c(Br)cc4C3)c2N)c(F)cc1Oc1ccccc1F. The summed E-state index contributed by atoms with van der Waals surface area (Å²) in [6.45, 7) is 8.15. The van der Waals surface area contributed by atoms with E-state index in [1.807, 2.05) is 18.2 Å². The van der Waals surface area contributed by atoms with Crippen molar-refractivity contribution in [1.82, 2.24) is 14.7 Å². The summed E-state index contributed by atoms with van der Waals surface area (Å²) in [5, 5.41) is 4.24. The number of hydrogen-bond acceptors (Lipinski definition) is 6. The van der Waals surface area contributed by atoms with Crippen molar-refractivity contribution in [2.45, 2.75) is 52.2 Å². The van der Waals surface area contributed by atoms with Crippen molar-refractivity contribution in [2.24, 2.45) is 0 Å². The van der Waals surface area contributed by atoms with E-state index in [1.54, 1.807) is 19.1 Å². The molecule has 1 fully saturated rings. The minimum atomic E-state index is -0.685. The van der Waals surface area contributed by atoms with E-state index in [0.29, 0.717) is 23.6 Å². The number of nitrogens with zero attached hydrogens (tertiary/aromatic N) is 3. The highest BCUT2D eigenvalue weighted by molar-refractivity contribution is 9.10. The highest BCUT2D eigenvalue weighted by Crippen LogP contribution is 2.38. The predicted molar refractivity (Wildman–Crippen MR) is 170 cm³/mol. The third-order valence-corrected chi connectivity index (χ3v) is 8.90. The number of nitrogen functional groups attached to an aromatic ring is 1. The second kappa shape index (κ2) is 12.2. The molecule has 3 aromatic carbocycles. The number of fused-ring (bicyclic) bond motifs is 1. The first-order valence-electron chi connectivity index (χ1n) is 14.6. The number of aromatic nitrogens is 2. The van der Waals surface area contributed by atoms with Crippen LogP contribution in [0.15, 0.2) is 64.8 Å². The molecule has 0 saturated carbocycles. The summed E-state index contributed by atoms with van der Waals surface area (Å²) in [5.41, 5.74) is 9.61. The van der Waals surface area contributed by atoms with E-state index >= 15 is 4.39 Å². The number of allylic oxidation sites excluding steroid dienone is 1. The molecule has 228 valence electrons. The van der Waals surface area contributed by atoms with Gasteiger partial charge in [-0.1, -0.05) is 12.1 Å². The first-order chi connectivity index (χ1) is 21.1. The maximum Gasteiger partial charge on any atom is 0.194 e. The van der Waals surface area contributed by atoms with Crippen LogP contribution in [0.3, 0.4) is 0 Å². The summed E-state index contributed by atoms with van der Waals surface area (Å²) in [6.07, 6.45) is 5.71. The lowest BCUT2D eigenvalue weighted by molar-refractivity contribution is 0.0838. The fourth-order valence-electron chi connectivity index (χ4n) is 5.73. The van der Waals surface area contributed by atoms with E-state index in [9.17, 15) is 9.18 Å². The number of ether oxygens (including phenoxy) is 2. The minimum Gasteiger partial charge on any atom is -0.489 e. The molecule has 0 atom stereocenters. The largest absolute Gasteiger partial charge is 0.489 e. The maximum absolute atomic E-state index is 15.3. The normalized spacial score (nSPS) is 15.4. The smallest absolute Gasteiger partial charge is 0.194 e. The van der Waals surface area contributed by atoms with E-state index in [1.165, 1.54) is 29.1 Å². The number of ketones is 1. The number of carbonyl (C=O) groups excluding carboxylic acids is 1. The Balaban J connectivity index is 1.19. The zero-order valence-corrected chi connectivity index (χ0v) is 26.3. The second-order valence-electron chi connectivity index (χ2n) is 11.6. The lowest BCUT2D eigenvalue weighted by atomic mass is 10.0. The quantitative estimate of drug-likeness (QED) is 0.195. The van der Waals surface area contributed by atoms with Crippen molar-refractivity contribution in [2.75, 3.05) is 18.8 Å². The van der Waals surface area contributed by atoms with Crippen LogP contribution in [0.25, 0.3) is 11.8 Å². The molecule has 44 heavy (non-hydrogen) atoms. The van der Waals surface area contributed by atoms with Crippen molar-refractivity contribution in [3.8, 4) is 22.9 Å². The van der Waals surface area contributed by atoms with Crippen LogP contribution >= 0.6 is 15.9 Å². The van der Waals surface area contributed by atoms with Crippen LogP contribution < -0.4 is 15.2 Å². The van der Waals surface area contributed by atoms with Crippen LogP contribution in [0.1, 0.15) is 53.7 Å². The number of Topliss-reactive ketones (excluding diaryl/α,β-unsaturated/α-hetero) is 1. The van der Waals surface area contributed by atoms with E-state index in [-0.39, 0.29) is 40.5 Å². The molecule has 0 radical (unpaired) electrons. The van der Waals surface area contributed by atoms with Gasteiger partial charge in [0, 0.05) is 37.2 Å². The Hall–Kier alpha value is -4.02. The maximum atomic E-state index is 15.3. The summed E-state index contributed by atoms with van der Waals surface area (Å²) >= 11 is 3.65. The third kappa shape index (κ3) is 5.88. The summed E-state index contributed by atoms with van der Waals surface area (Å²) in [6, 6.07) is 13.1. The number of para-hydroxylation sites is 1. The molecule has 2 aliphatic rings. The number of carbonyl (C=O) groups is 1. The summed E-state index contributed by atoms with van der Waals surface area (Å²) < 4.78 is 43.4. The van der Waals surface area contributed by atoms with Gasteiger partial charge in [0.1, 0.15) is 29.1 Å². The van der Waals surface area contributed by atoms with Crippen molar-refractivity contribution in [3.05, 3.63) is 98.7 Å². The van der Waals surface area contributed by atoms with Crippen LogP contribution in [0, 0.1) is 18.6 Å². The number of rotatable bonds is 8. The standard InChI is InChI=1S/C34H33BrF2N4O3/c1-19(2)40-10-8-24(9-11-40)43-32-16-22-14-23(13-21(22)15-26(32)35)33(42)25-18-39-41(34(25)38)29-12-20(3)31(17-28(29)37)44-30-7-5-4-6-27(30)36/h4-7,12,14-19,24H,8-11,13,38H2,1-3H3. The fourth-order valence-corrected chi connectivity index (χ4v) is 6.22. The lowest BCUT2D eigenvalue weighted by Gasteiger charge is -2.34. The zero-order valence-electron chi connectivity index (χ0n) is 24.7. The molecular weight excluding hydrogens is 630 g/mol. The van der Waals surface area contributed by atoms with Gasteiger partial charge < -0.3 is 20.1 Å². The molecule has 2 N–H and O–H groups in total. The number of aryl methyl sites for hydroxylation is 1. The van der Waals surface area contributed by atoms with Crippen LogP contribution in [0.5, 0.6) is 17.2 Å². The molecule has 0 amide bonds. The monoisotopic (exact) mass is 662 g/mol. The number of nitrogens with two attached hydrogens (primary N) is 1. The Labute approximate surface area is 263 Å². The Bertz CT molecular complexity index is 1780. The van der Waals surface area contributed by atoms with E-state index in [2.05, 4.69) is 39.8 Å². The summed E-state index contributed by atoms with van der Waals surface area (Å²) in [5.74, 6) is -0.599. The van der Waals surface area contributed by atoms with Gasteiger partial charge in [-0.3, -0.25) is 4.79 Å². The van der Waals surface area contributed by atoms with Crippen LogP contribution in [-0.4, -0.2) is 45.7 Å². The fraction of sp³-hybridized carbons (Fsp3) is 0.294. The van der Waals surface area contributed by atoms with Gasteiger partial charge in [0.2, 0.25) is 0 Å². The topological polar surface area (TPSA) is 82.6 Å². The van der Waals surface area contributed by atoms with Crippen LogP contribution in [0.4, 0.5) is 14.6 Å². The first-order valence-corrected chi connectivity index (χ1v) is 15.4. The van der Waals surface area contributed by atoms with Gasteiger partial charge in [0.15, 0.2) is 23.2 Å². The highest BCUT2D eigenvalue weighted by atomic mass is 79.9. The van der Waals surface area contributed by atoms with Gasteiger partial charge in [-0.2, -0.15) is 5.10 Å². The van der Waals surface area contributed by atoms with Crippen molar-refractivity contribution in [1.29, 1.82) is 0 Å². The number of anilines is 1. The molecule has 1 aromatic heterocycles. The molecule has 10 heteroatoms. The molecule has 4 aromatic rings. The Morgan fingerprint density at radius 3 is 2.52 bits per heavy atom. The van der Waals surface area contributed by atoms with Gasteiger partial charge in [-0.15, -0.1) is 0 Å². The van der Waals surface area contributed by atoms with Gasteiger partial charge in [-0.25, -0.2) is 13.5 Å². The zero-order chi connectivity index (χ0) is 31.1. The predicted octanol–water partition coefficient (Wildman–Crippen LogP) is 7.67. The Kier molecular flexibility index (Phi) is 8.30. The van der Waals surface area contributed by atoms with Gasteiger partial charge in [0.05, 0.1) is 16.2 Å². The van der Waals surface area contributed by atoms with Crippen molar-refractivity contribution < 1.29 is 23.0 Å². The Morgan fingerprint density at radius 2 is 1.80 bits per heavy atom. The molecule has 7 nitrogen and oxygen atoms in total. The first kappa shape index (κ1) is 30.0. The molecule has 0 unspecified atom stereocenters. The van der Waals surface area contributed by atoms with E-state index < -0.39 is 11.6 Å². The molecule has 6 rings (SSSR count). The Morgan fingerprint density at radius 1 is 1.05 bits per heavy atom. The molecule has 2 heterocycles. The van der Waals surface area contributed by atoms with E-state index in [4.69, 9.17) is 15.2 Å². The number of hydrogen-bond donors (Lipinski definition) is 1. The van der Waals surface area contributed by atoms with Crippen LogP contribution in [0.2, 0.25) is 0 Å². The molecule has 1 aliphatic heterocycles. The lowest BCUT2D eigenvalue weighted by Crippen LogP contribution is -2.41.